The third-order valence-electron chi connectivity index (χ3n) is 2.55. The van der Waals surface area contributed by atoms with Crippen molar-refractivity contribution in [2.24, 2.45) is 0 Å². The van der Waals surface area contributed by atoms with Crippen LogP contribution in [0, 0.1) is 6.29 Å². The molecule has 4 N–H and O–H groups in total. The predicted octanol–water partition coefficient (Wildman–Crippen LogP) is -1.10. The van der Waals surface area contributed by atoms with Crippen LogP contribution in [0.15, 0.2) is 0 Å². The zero-order chi connectivity index (χ0) is 13.9. The number of rotatable bonds is 4. The summed E-state index contributed by atoms with van der Waals surface area (Å²) in [6.07, 6.45) is -3.69. The summed E-state index contributed by atoms with van der Waals surface area (Å²) in [5, 5.41) is 31.2. The van der Waals surface area contributed by atoms with Gasteiger partial charge >= 0.3 is 0 Å². The van der Waals surface area contributed by atoms with Crippen molar-refractivity contribution in [3.63, 3.8) is 0 Å². The van der Waals surface area contributed by atoms with Crippen LogP contribution >= 0.6 is 0 Å². The molecule has 1 heterocycles. The number of aliphatic hydroxyl groups excluding tert-OH is 3. The largest absolute Gasteiger partial charge is 0.394 e. The highest BCUT2D eigenvalue weighted by atomic mass is 16.6. The summed E-state index contributed by atoms with van der Waals surface area (Å²) < 4.78 is 10.4. The Morgan fingerprint density at radius 2 is 2.17 bits per heavy atom. The number of ether oxygens (including phenoxy) is 2. The van der Waals surface area contributed by atoms with Gasteiger partial charge in [0.2, 0.25) is 12.2 Å². The Morgan fingerprint density at radius 1 is 1.56 bits per heavy atom. The second-order valence-electron chi connectivity index (χ2n) is 4.50. The van der Waals surface area contributed by atoms with Crippen molar-refractivity contribution in [3.8, 4) is 0 Å². The van der Waals surface area contributed by atoms with E-state index in [1.807, 2.05) is 0 Å². The smallest absolute Gasteiger partial charge is 0.247 e. The highest BCUT2D eigenvalue weighted by molar-refractivity contribution is 5.73. The normalized spacial score (nSPS) is 33.7. The van der Waals surface area contributed by atoms with E-state index in [-0.39, 0.29) is 12.0 Å². The van der Waals surface area contributed by atoms with Crippen LogP contribution in [0.25, 0.3) is 0 Å². The maximum atomic E-state index is 11.1. The predicted molar refractivity (Wildman–Crippen MR) is 60.8 cm³/mol. The summed E-state index contributed by atoms with van der Waals surface area (Å²) in [5.74, 6) is -0.387. The molecule has 1 aliphatic heterocycles. The summed E-state index contributed by atoms with van der Waals surface area (Å²) in [4.78, 5) is 11.1. The topological polar surface area (TPSA) is 108 Å². The van der Waals surface area contributed by atoms with Gasteiger partial charge in [-0.3, -0.25) is 4.79 Å². The molecule has 4 atom stereocenters. The van der Waals surface area contributed by atoms with Crippen molar-refractivity contribution in [2.75, 3.05) is 6.61 Å². The van der Waals surface area contributed by atoms with Gasteiger partial charge in [-0.05, 0) is 13.8 Å². The number of amides is 1. The van der Waals surface area contributed by atoms with Gasteiger partial charge in [-0.25, -0.2) is 0 Å². The third-order valence-corrected chi connectivity index (χ3v) is 2.55. The van der Waals surface area contributed by atoms with Gasteiger partial charge in [0.05, 0.1) is 12.7 Å². The van der Waals surface area contributed by atoms with Crippen LogP contribution in [0.1, 0.15) is 20.8 Å². The molecule has 0 aromatic rings. The zero-order valence-corrected chi connectivity index (χ0v) is 10.7. The average Bonchev–Trinajstić information content (AvgIpc) is 2.27. The summed E-state index contributed by atoms with van der Waals surface area (Å²) in [7, 11) is 0. The minimum Gasteiger partial charge on any atom is -0.394 e. The second kappa shape index (κ2) is 6.44. The molecule has 18 heavy (non-hydrogen) atoms. The lowest BCUT2D eigenvalue weighted by molar-refractivity contribution is -0.217. The van der Waals surface area contributed by atoms with E-state index in [4.69, 9.17) is 14.6 Å². The van der Waals surface area contributed by atoms with Gasteiger partial charge < -0.3 is 30.1 Å². The van der Waals surface area contributed by atoms with E-state index >= 15 is 0 Å². The van der Waals surface area contributed by atoms with Crippen molar-refractivity contribution < 1.29 is 29.6 Å². The first-order valence-electron chi connectivity index (χ1n) is 5.80. The molecule has 1 rings (SSSR count). The molecule has 1 fully saturated rings. The van der Waals surface area contributed by atoms with Crippen LogP contribution < -0.4 is 5.32 Å². The Labute approximate surface area is 106 Å². The number of aliphatic hydroxyl groups is 3. The molecule has 0 unspecified atom stereocenters. The molecule has 1 amide bonds. The molecule has 1 aliphatic rings. The van der Waals surface area contributed by atoms with Crippen molar-refractivity contribution in [1.82, 2.24) is 5.32 Å². The Kier molecular flexibility index (Phi) is 5.48. The second-order valence-corrected chi connectivity index (χ2v) is 4.50. The molecule has 7 nitrogen and oxygen atoms in total. The third kappa shape index (κ3) is 3.63. The van der Waals surface area contributed by atoms with Gasteiger partial charge in [0.25, 0.3) is 0 Å². The molecule has 0 bridgehead atoms. The molecule has 7 heteroatoms. The highest BCUT2D eigenvalue weighted by Gasteiger charge is 2.47. The number of nitrogens with one attached hydrogen (secondary N) is 1. The van der Waals surface area contributed by atoms with E-state index in [9.17, 15) is 15.0 Å². The van der Waals surface area contributed by atoms with Crippen LogP contribution in [-0.2, 0) is 14.3 Å². The van der Waals surface area contributed by atoms with E-state index in [1.165, 1.54) is 6.92 Å². The van der Waals surface area contributed by atoms with Crippen LogP contribution in [0.5, 0.6) is 0 Å². The van der Waals surface area contributed by atoms with E-state index in [1.54, 1.807) is 13.8 Å². The molecular formula is C11H20NO6. The fraction of sp³-hybridized carbons (Fsp3) is 0.818. The highest BCUT2D eigenvalue weighted by Crippen LogP contribution is 2.27. The van der Waals surface area contributed by atoms with Crippen LogP contribution in [0.4, 0.5) is 0 Å². The Morgan fingerprint density at radius 3 is 2.61 bits per heavy atom. The molecule has 0 aromatic heterocycles. The SMILES string of the molecule is CC(=O)N[C@H]1[C](O)O[C@H](CO)[C@@H](O)[C@@H]1OC(C)C. The van der Waals surface area contributed by atoms with Crippen LogP contribution in [0.2, 0.25) is 0 Å². The monoisotopic (exact) mass is 262 g/mol. The molecule has 0 aromatic carbocycles. The number of hydrogen-bond acceptors (Lipinski definition) is 6. The van der Waals surface area contributed by atoms with Crippen LogP contribution in [-0.4, -0.2) is 58.3 Å². The van der Waals surface area contributed by atoms with E-state index in [0.717, 1.165) is 0 Å². The standard InChI is InChI=1S/C11H20NO6/c1-5(2)17-10-8(12-6(3)14)11(16)18-7(4-13)9(10)15/h5,7-10,13,15-16H,4H2,1-3H3,(H,12,14)/t7-,8-,9-,10-/m1/s1. The number of carbonyl (C=O) groups excluding carboxylic acids is 1. The van der Waals surface area contributed by atoms with Gasteiger partial charge in [-0.1, -0.05) is 0 Å². The van der Waals surface area contributed by atoms with Crippen molar-refractivity contribution in [1.29, 1.82) is 0 Å². The van der Waals surface area contributed by atoms with Crippen LogP contribution in [0.3, 0.4) is 0 Å². The summed E-state index contributed by atoms with van der Waals surface area (Å²) in [6.45, 7) is 4.34. The minimum absolute atomic E-state index is 0.217. The molecule has 105 valence electrons. The Balaban J connectivity index is 2.86. The van der Waals surface area contributed by atoms with Crippen molar-refractivity contribution in [2.45, 2.75) is 51.2 Å². The average molecular weight is 262 g/mol. The maximum absolute atomic E-state index is 11.1. The number of hydrogen-bond donors (Lipinski definition) is 4. The van der Waals surface area contributed by atoms with Gasteiger partial charge in [0, 0.05) is 6.92 Å². The lowest BCUT2D eigenvalue weighted by Crippen LogP contribution is -2.62. The summed E-state index contributed by atoms with van der Waals surface area (Å²) >= 11 is 0. The first-order valence-corrected chi connectivity index (χ1v) is 5.80. The molecule has 1 saturated heterocycles. The quantitative estimate of drug-likeness (QED) is 0.512. The summed E-state index contributed by atoms with van der Waals surface area (Å²) in [6, 6.07) is -0.956. The van der Waals surface area contributed by atoms with Gasteiger partial charge in [0.1, 0.15) is 24.4 Å². The van der Waals surface area contributed by atoms with E-state index < -0.39 is 37.3 Å². The van der Waals surface area contributed by atoms with Gasteiger partial charge in [-0.15, -0.1) is 0 Å². The van der Waals surface area contributed by atoms with Gasteiger partial charge in [-0.2, -0.15) is 0 Å². The minimum atomic E-state index is -1.15. The lowest BCUT2D eigenvalue weighted by atomic mass is 9.96. The van der Waals surface area contributed by atoms with E-state index in [2.05, 4.69) is 5.32 Å². The van der Waals surface area contributed by atoms with E-state index in [0.29, 0.717) is 0 Å². The van der Waals surface area contributed by atoms with Crippen molar-refractivity contribution in [3.05, 3.63) is 6.29 Å². The molecule has 0 saturated carbocycles. The zero-order valence-electron chi connectivity index (χ0n) is 10.7. The molecule has 1 radical (unpaired) electrons. The lowest BCUT2D eigenvalue weighted by Gasteiger charge is -2.42. The molecule has 0 aliphatic carbocycles. The van der Waals surface area contributed by atoms with Crippen molar-refractivity contribution >= 4 is 5.91 Å². The Bertz CT molecular complexity index is 285. The number of carbonyl (C=O) groups is 1. The maximum Gasteiger partial charge on any atom is 0.247 e. The Hall–Kier alpha value is -0.730. The fourth-order valence-corrected chi connectivity index (χ4v) is 1.83. The summed E-state index contributed by atoms with van der Waals surface area (Å²) in [5.41, 5.74) is 0. The fourth-order valence-electron chi connectivity index (χ4n) is 1.83. The van der Waals surface area contributed by atoms with Gasteiger partial charge in [0.15, 0.2) is 0 Å². The first-order chi connectivity index (χ1) is 8.36. The molecule has 0 spiro atoms. The first kappa shape index (κ1) is 15.3. The molecular weight excluding hydrogens is 242 g/mol.